The van der Waals surface area contributed by atoms with Crippen molar-refractivity contribution < 1.29 is 27.7 Å². The van der Waals surface area contributed by atoms with Gasteiger partial charge in [0.15, 0.2) is 6.61 Å². The highest BCUT2D eigenvalue weighted by Gasteiger charge is 2.30. The Kier molecular flexibility index (Phi) is 7.12. The van der Waals surface area contributed by atoms with Gasteiger partial charge >= 0.3 is 5.97 Å². The maximum atomic E-state index is 12.8. The Labute approximate surface area is 189 Å². The number of hydrogen-bond acceptors (Lipinski definition) is 7. The number of nitro benzene ring substituents is 1. The highest BCUT2D eigenvalue weighted by Crippen LogP contribution is 2.28. The second-order valence-electron chi connectivity index (χ2n) is 7.09. The van der Waals surface area contributed by atoms with Gasteiger partial charge in [-0.05, 0) is 44.0 Å². The SMILES string of the molecule is Cc1c(NC(=O)COC(=O)c2ccc(Cl)c(S(=O)(=O)N3CCCC3)c2)cccc1[N+](=O)[O-]. The molecule has 0 unspecified atom stereocenters. The second kappa shape index (κ2) is 9.63. The molecule has 0 bridgehead atoms. The van der Waals surface area contributed by atoms with Crippen LogP contribution in [0.1, 0.15) is 28.8 Å². The van der Waals surface area contributed by atoms with Crippen molar-refractivity contribution in [3.05, 3.63) is 62.7 Å². The molecule has 0 spiro atoms. The number of carbonyl (C=O) groups excluding carboxylic acids is 2. The highest BCUT2D eigenvalue weighted by molar-refractivity contribution is 7.89. The molecule has 0 aliphatic carbocycles. The number of sulfonamides is 1. The van der Waals surface area contributed by atoms with Gasteiger partial charge in [-0.2, -0.15) is 4.31 Å². The van der Waals surface area contributed by atoms with Crippen LogP contribution < -0.4 is 5.32 Å². The zero-order chi connectivity index (χ0) is 23.5. The number of esters is 1. The molecule has 170 valence electrons. The van der Waals surface area contributed by atoms with Crippen molar-refractivity contribution in [1.29, 1.82) is 0 Å². The molecule has 1 N–H and O–H groups in total. The Balaban J connectivity index is 1.68. The average molecular weight is 482 g/mol. The van der Waals surface area contributed by atoms with Crippen LogP contribution in [0.3, 0.4) is 0 Å². The van der Waals surface area contributed by atoms with Crippen LogP contribution in [0.5, 0.6) is 0 Å². The van der Waals surface area contributed by atoms with E-state index in [0.717, 1.165) is 18.9 Å². The largest absolute Gasteiger partial charge is 0.452 e. The third-order valence-corrected chi connectivity index (χ3v) is 7.34. The molecule has 10 nitrogen and oxygen atoms in total. The van der Waals surface area contributed by atoms with Crippen LogP contribution in [0.25, 0.3) is 0 Å². The number of carbonyl (C=O) groups is 2. The van der Waals surface area contributed by atoms with Crippen LogP contribution in [0.4, 0.5) is 11.4 Å². The van der Waals surface area contributed by atoms with Gasteiger partial charge in [0.25, 0.3) is 11.6 Å². The number of ether oxygens (including phenoxy) is 1. The molecule has 2 aromatic carbocycles. The number of anilines is 1. The molecule has 1 heterocycles. The molecule has 0 atom stereocenters. The number of amides is 1. The van der Waals surface area contributed by atoms with Crippen LogP contribution in [0, 0.1) is 17.0 Å². The van der Waals surface area contributed by atoms with E-state index in [2.05, 4.69) is 5.32 Å². The summed E-state index contributed by atoms with van der Waals surface area (Å²) in [6.07, 6.45) is 1.50. The minimum Gasteiger partial charge on any atom is -0.452 e. The third kappa shape index (κ3) is 5.06. The first-order valence-electron chi connectivity index (χ1n) is 9.62. The lowest BCUT2D eigenvalue weighted by molar-refractivity contribution is -0.385. The Hall–Kier alpha value is -3.02. The topological polar surface area (TPSA) is 136 Å². The molecule has 0 saturated carbocycles. The van der Waals surface area contributed by atoms with E-state index < -0.39 is 33.4 Å². The molecule has 1 amide bonds. The van der Waals surface area contributed by atoms with E-state index in [9.17, 15) is 28.1 Å². The number of nitro groups is 1. The van der Waals surface area contributed by atoms with Gasteiger partial charge in [0.2, 0.25) is 10.0 Å². The summed E-state index contributed by atoms with van der Waals surface area (Å²) in [5.41, 5.74) is 0.233. The fraction of sp³-hybridized carbons (Fsp3) is 0.300. The highest BCUT2D eigenvalue weighted by atomic mass is 35.5. The van der Waals surface area contributed by atoms with Gasteiger partial charge in [-0.1, -0.05) is 17.7 Å². The van der Waals surface area contributed by atoms with Crippen molar-refractivity contribution in [2.75, 3.05) is 25.0 Å². The van der Waals surface area contributed by atoms with Crippen LogP contribution >= 0.6 is 11.6 Å². The van der Waals surface area contributed by atoms with Gasteiger partial charge in [0.05, 0.1) is 26.8 Å². The number of rotatable bonds is 7. The van der Waals surface area contributed by atoms with Crippen LogP contribution in [-0.4, -0.2) is 49.2 Å². The van der Waals surface area contributed by atoms with Gasteiger partial charge in [0, 0.05) is 19.2 Å². The summed E-state index contributed by atoms with van der Waals surface area (Å²) < 4.78 is 31.8. The van der Waals surface area contributed by atoms with E-state index in [-0.39, 0.29) is 32.4 Å². The Bertz CT molecular complexity index is 1180. The number of halogens is 1. The minimum atomic E-state index is -3.85. The standard InChI is InChI=1S/C20H20ClN3O7S/c1-13-16(5-4-6-17(13)24(27)28)22-19(25)12-31-20(26)14-7-8-15(21)18(11-14)32(29,30)23-9-2-3-10-23/h4-8,11H,2-3,9-10,12H2,1H3,(H,22,25). The third-order valence-electron chi connectivity index (χ3n) is 4.96. The lowest BCUT2D eigenvalue weighted by Crippen LogP contribution is -2.28. The maximum Gasteiger partial charge on any atom is 0.338 e. The summed E-state index contributed by atoms with van der Waals surface area (Å²) in [5, 5.41) is 13.4. The normalized spacial score (nSPS) is 14.2. The van der Waals surface area contributed by atoms with Gasteiger partial charge in [-0.25, -0.2) is 13.2 Å². The number of nitrogens with zero attached hydrogens (tertiary/aromatic N) is 2. The molecule has 1 aliphatic rings. The Morgan fingerprint density at radius 1 is 1.22 bits per heavy atom. The van der Waals surface area contributed by atoms with E-state index >= 15 is 0 Å². The predicted octanol–water partition coefficient (Wildman–Crippen LogP) is 3.14. The fourth-order valence-electron chi connectivity index (χ4n) is 3.25. The zero-order valence-electron chi connectivity index (χ0n) is 17.0. The van der Waals surface area contributed by atoms with Crippen molar-refractivity contribution in [3.8, 4) is 0 Å². The van der Waals surface area contributed by atoms with Crippen molar-refractivity contribution in [2.45, 2.75) is 24.7 Å². The van der Waals surface area contributed by atoms with Crippen molar-refractivity contribution in [3.63, 3.8) is 0 Å². The molecule has 3 rings (SSSR count). The van der Waals surface area contributed by atoms with E-state index in [1.807, 2.05) is 0 Å². The lowest BCUT2D eigenvalue weighted by atomic mass is 10.1. The smallest absolute Gasteiger partial charge is 0.338 e. The van der Waals surface area contributed by atoms with E-state index in [1.54, 1.807) is 0 Å². The summed E-state index contributed by atoms with van der Waals surface area (Å²) in [7, 11) is -3.85. The first-order valence-corrected chi connectivity index (χ1v) is 11.4. The van der Waals surface area contributed by atoms with E-state index in [4.69, 9.17) is 16.3 Å². The van der Waals surface area contributed by atoms with Gasteiger partial charge in [-0.3, -0.25) is 14.9 Å². The molecule has 1 fully saturated rings. The van der Waals surface area contributed by atoms with Gasteiger partial charge in [-0.15, -0.1) is 0 Å². The Morgan fingerprint density at radius 2 is 1.91 bits per heavy atom. The molecule has 1 saturated heterocycles. The van der Waals surface area contributed by atoms with Crippen LogP contribution in [0.2, 0.25) is 5.02 Å². The molecule has 0 aromatic heterocycles. The molecular weight excluding hydrogens is 462 g/mol. The summed E-state index contributed by atoms with van der Waals surface area (Å²) in [6.45, 7) is 1.57. The van der Waals surface area contributed by atoms with Gasteiger partial charge in [0.1, 0.15) is 4.90 Å². The summed E-state index contributed by atoms with van der Waals surface area (Å²) >= 11 is 6.06. The molecule has 1 aliphatic heterocycles. The summed E-state index contributed by atoms with van der Waals surface area (Å²) in [5.74, 6) is -1.62. The quantitative estimate of drug-likeness (QED) is 0.364. The molecular formula is C20H20ClN3O7S. The molecule has 12 heteroatoms. The molecule has 0 radical (unpaired) electrons. The molecule has 32 heavy (non-hydrogen) atoms. The monoisotopic (exact) mass is 481 g/mol. The predicted molar refractivity (Wildman–Crippen MR) is 116 cm³/mol. The van der Waals surface area contributed by atoms with Crippen LogP contribution in [-0.2, 0) is 19.6 Å². The van der Waals surface area contributed by atoms with E-state index in [0.29, 0.717) is 13.1 Å². The second-order valence-corrected chi connectivity index (χ2v) is 9.40. The number of hydrogen-bond donors (Lipinski definition) is 1. The molecule has 2 aromatic rings. The van der Waals surface area contributed by atoms with Gasteiger partial charge < -0.3 is 10.1 Å². The Morgan fingerprint density at radius 3 is 2.56 bits per heavy atom. The number of benzene rings is 2. The van der Waals surface area contributed by atoms with Crippen molar-refractivity contribution in [2.24, 2.45) is 0 Å². The zero-order valence-corrected chi connectivity index (χ0v) is 18.6. The number of nitrogens with one attached hydrogen (secondary N) is 1. The van der Waals surface area contributed by atoms with E-state index in [1.165, 1.54) is 41.6 Å². The summed E-state index contributed by atoms with van der Waals surface area (Å²) in [6, 6.07) is 7.92. The average Bonchev–Trinajstić information content (AvgIpc) is 3.29. The van der Waals surface area contributed by atoms with Crippen molar-refractivity contribution in [1.82, 2.24) is 4.31 Å². The summed E-state index contributed by atoms with van der Waals surface area (Å²) in [4.78, 5) is 34.8. The maximum absolute atomic E-state index is 12.8. The van der Waals surface area contributed by atoms with Crippen LogP contribution in [0.15, 0.2) is 41.3 Å². The lowest BCUT2D eigenvalue weighted by Gasteiger charge is -2.17. The first kappa shape index (κ1) is 23.6. The first-order chi connectivity index (χ1) is 15.1. The minimum absolute atomic E-state index is 0.0210. The fourth-order valence-corrected chi connectivity index (χ4v) is 5.27. The van der Waals surface area contributed by atoms with Crippen molar-refractivity contribution >= 4 is 44.9 Å².